The van der Waals surface area contributed by atoms with Crippen LogP contribution < -0.4 is 0 Å². The maximum atomic E-state index is 12.7. The highest BCUT2D eigenvalue weighted by Crippen LogP contribution is 2.53. The fourth-order valence-electron chi connectivity index (χ4n) is 13.6. The van der Waals surface area contributed by atoms with Gasteiger partial charge in [-0.25, -0.2) is 4.85 Å². The fourth-order valence-corrected chi connectivity index (χ4v) is 13.6. The summed E-state index contributed by atoms with van der Waals surface area (Å²) in [6, 6.07) is 71.4. The summed E-state index contributed by atoms with van der Waals surface area (Å²) in [5.74, 6) is 0. The zero-order valence-corrected chi connectivity index (χ0v) is 44.0. The first-order chi connectivity index (χ1) is 39.2. The molecule has 8 heteroatoms. The standard InChI is InChI=1S/C72H44N6O2/c1-39-22-26-58-47(30-39)48-31-40(2)23-27-59(48)75(58)70-55(38-73)69(77-56-18-10-6-14-43(56)51-34-53-45-16-8-12-20-64(45)79-66(53)36-62(51)77)68(74-5)71(76-60-28-24-41(3)32-49(60)50-33-42(4)25-29-61(50)76)72(70)78-57-19-11-7-15-44(57)52-35-54-46-17-9-13-21-65(46)80-67(54)37-63(52)78/h6-37H,1-4H3. The molecule has 374 valence electrons. The summed E-state index contributed by atoms with van der Waals surface area (Å²) < 4.78 is 22.6. The van der Waals surface area contributed by atoms with Crippen molar-refractivity contribution in [2.24, 2.45) is 0 Å². The molecule has 0 unspecified atom stereocenters. The molecule has 17 rings (SSSR count). The molecule has 0 radical (unpaired) electrons. The van der Waals surface area contributed by atoms with Crippen molar-refractivity contribution in [1.29, 1.82) is 5.26 Å². The molecule has 0 N–H and O–H groups in total. The number of aromatic nitrogens is 4. The number of aryl methyl sites for hydroxylation is 4. The molecule has 80 heavy (non-hydrogen) atoms. The van der Waals surface area contributed by atoms with Crippen LogP contribution in [0.5, 0.6) is 0 Å². The quantitative estimate of drug-likeness (QED) is 0.165. The van der Waals surface area contributed by atoms with Gasteiger partial charge in [0.2, 0.25) is 5.69 Å². The van der Waals surface area contributed by atoms with E-state index < -0.39 is 0 Å². The van der Waals surface area contributed by atoms with Gasteiger partial charge in [-0.3, -0.25) is 0 Å². The van der Waals surface area contributed by atoms with Gasteiger partial charge in [-0.05, 0) is 113 Å². The van der Waals surface area contributed by atoms with Gasteiger partial charge >= 0.3 is 0 Å². The summed E-state index contributed by atoms with van der Waals surface area (Å²) in [6.07, 6.45) is 0. The van der Waals surface area contributed by atoms with Crippen LogP contribution in [0.4, 0.5) is 5.69 Å². The number of hydrogen-bond acceptors (Lipinski definition) is 3. The number of nitrogens with zero attached hydrogens (tertiary/aromatic N) is 6. The van der Waals surface area contributed by atoms with Crippen molar-refractivity contribution in [3.8, 4) is 28.8 Å². The van der Waals surface area contributed by atoms with E-state index in [9.17, 15) is 11.8 Å². The summed E-state index contributed by atoms with van der Waals surface area (Å²) in [4.78, 5) is 4.82. The Kier molecular flexibility index (Phi) is 8.81. The van der Waals surface area contributed by atoms with Gasteiger partial charge in [-0.1, -0.05) is 119 Å². The summed E-state index contributed by atoms with van der Waals surface area (Å²) in [5, 5.41) is 25.1. The molecule has 0 aliphatic heterocycles. The molecule has 11 aromatic carbocycles. The van der Waals surface area contributed by atoms with Crippen molar-refractivity contribution < 1.29 is 8.83 Å². The molecule has 0 saturated heterocycles. The van der Waals surface area contributed by atoms with E-state index in [0.29, 0.717) is 39.6 Å². The molecule has 0 bridgehead atoms. The minimum absolute atomic E-state index is 0.316. The van der Waals surface area contributed by atoms with Gasteiger partial charge in [-0.15, -0.1) is 0 Å². The van der Waals surface area contributed by atoms with Crippen LogP contribution in [0, 0.1) is 45.6 Å². The number of fused-ring (bicyclic) bond motifs is 18. The van der Waals surface area contributed by atoms with Gasteiger partial charge in [0, 0.05) is 76.8 Å². The van der Waals surface area contributed by atoms with Crippen molar-refractivity contribution in [3.63, 3.8) is 0 Å². The Morgan fingerprint density at radius 1 is 0.325 bits per heavy atom. The molecular formula is C72H44N6O2. The molecule has 6 heterocycles. The SMILES string of the molecule is [C-]#[N+]c1c(-n2c3ccccc3c3cc4c(cc32)oc2ccccc24)c(C#N)c(-n2c3ccc(C)cc3c3cc(C)ccc32)c(-n2c3ccccc3c3cc4c(cc32)oc2ccccc24)c1-n1c2ccc(C)cc2c2cc(C)ccc21. The first-order valence-corrected chi connectivity index (χ1v) is 27.0. The number of furan rings is 2. The Bertz CT molecular complexity index is 5470. The smallest absolute Gasteiger partial charge is 0.237 e. The number of nitriles is 1. The van der Waals surface area contributed by atoms with Crippen LogP contribution in [-0.2, 0) is 0 Å². The van der Waals surface area contributed by atoms with Crippen LogP contribution in [0.15, 0.2) is 203 Å². The molecule has 6 aromatic heterocycles. The lowest BCUT2D eigenvalue weighted by atomic mass is 10.0. The van der Waals surface area contributed by atoms with E-state index in [1.54, 1.807) is 0 Å². The summed E-state index contributed by atoms with van der Waals surface area (Å²) in [6.45, 7) is 18.5. The van der Waals surface area contributed by atoms with Crippen molar-refractivity contribution in [2.75, 3.05) is 0 Å². The molecule has 0 aliphatic rings. The Balaban J connectivity index is 1.18. The van der Waals surface area contributed by atoms with Crippen LogP contribution in [0.25, 0.3) is 159 Å². The molecule has 0 aliphatic carbocycles. The van der Waals surface area contributed by atoms with Crippen LogP contribution in [0.3, 0.4) is 0 Å². The monoisotopic (exact) mass is 1020 g/mol. The third kappa shape index (κ3) is 5.81. The highest BCUT2D eigenvalue weighted by molar-refractivity contribution is 6.21. The number of benzene rings is 11. The predicted octanol–water partition coefficient (Wildman–Crippen LogP) is 19.5. The summed E-state index contributed by atoms with van der Waals surface area (Å²) in [7, 11) is 0. The van der Waals surface area contributed by atoms with Crippen LogP contribution >= 0.6 is 0 Å². The second kappa shape index (κ2) is 15.9. The average molecular weight is 1030 g/mol. The second-order valence-corrected chi connectivity index (χ2v) is 21.7. The molecule has 17 aromatic rings. The van der Waals surface area contributed by atoms with Gasteiger partial charge in [0.15, 0.2) is 0 Å². The highest BCUT2D eigenvalue weighted by atomic mass is 16.3. The topological polar surface area (TPSA) is 74.2 Å². The zero-order chi connectivity index (χ0) is 53.4. The van der Waals surface area contributed by atoms with Gasteiger partial charge < -0.3 is 27.1 Å². The van der Waals surface area contributed by atoms with Gasteiger partial charge in [0.25, 0.3) is 0 Å². The van der Waals surface area contributed by atoms with E-state index in [1.165, 1.54) is 0 Å². The first kappa shape index (κ1) is 44.3. The highest BCUT2D eigenvalue weighted by Gasteiger charge is 2.35. The van der Waals surface area contributed by atoms with Crippen molar-refractivity contribution in [1.82, 2.24) is 18.3 Å². The van der Waals surface area contributed by atoms with Crippen LogP contribution in [0.2, 0.25) is 0 Å². The maximum absolute atomic E-state index is 12.7. The van der Waals surface area contributed by atoms with Crippen molar-refractivity contribution in [3.05, 3.63) is 233 Å². The third-order valence-electron chi connectivity index (χ3n) is 17.0. The number of para-hydroxylation sites is 4. The van der Waals surface area contributed by atoms with Gasteiger partial charge in [-0.2, -0.15) is 5.26 Å². The first-order valence-electron chi connectivity index (χ1n) is 27.0. The number of rotatable bonds is 4. The Labute approximate surface area is 456 Å². The number of hydrogen-bond donors (Lipinski definition) is 0. The van der Waals surface area contributed by atoms with Crippen LogP contribution in [0.1, 0.15) is 27.8 Å². The van der Waals surface area contributed by atoms with Gasteiger partial charge in [0.1, 0.15) is 28.4 Å². The third-order valence-corrected chi connectivity index (χ3v) is 17.0. The lowest BCUT2D eigenvalue weighted by Crippen LogP contribution is -2.14. The summed E-state index contributed by atoms with van der Waals surface area (Å²) in [5.41, 5.74) is 17.8. The van der Waals surface area contributed by atoms with E-state index >= 15 is 0 Å². The minimum Gasteiger partial charge on any atom is -0.456 e. The molecule has 8 nitrogen and oxygen atoms in total. The predicted molar refractivity (Wildman–Crippen MR) is 328 cm³/mol. The molecular weight excluding hydrogens is 981 g/mol. The molecule has 0 atom stereocenters. The minimum atomic E-state index is 0.316. The maximum Gasteiger partial charge on any atom is 0.237 e. The lowest BCUT2D eigenvalue weighted by molar-refractivity contribution is 0.669. The molecule has 0 saturated carbocycles. The Morgan fingerprint density at radius 2 is 0.675 bits per heavy atom. The van der Waals surface area contributed by atoms with E-state index in [-0.39, 0.29) is 0 Å². The largest absolute Gasteiger partial charge is 0.456 e. The van der Waals surface area contributed by atoms with Crippen molar-refractivity contribution >= 4 is 137 Å². The van der Waals surface area contributed by atoms with Crippen molar-refractivity contribution in [2.45, 2.75) is 27.7 Å². The lowest BCUT2D eigenvalue weighted by Gasteiger charge is -2.27. The molecule has 0 amide bonds. The second-order valence-electron chi connectivity index (χ2n) is 21.7. The van der Waals surface area contributed by atoms with Gasteiger partial charge in [0.05, 0.1) is 79.0 Å². The average Bonchev–Trinajstić information content (AvgIpc) is 4.49. The zero-order valence-electron chi connectivity index (χ0n) is 44.0. The Hall–Kier alpha value is -10.8. The normalized spacial score (nSPS) is 12.2. The van der Waals surface area contributed by atoms with E-state index in [0.717, 1.165) is 148 Å². The van der Waals surface area contributed by atoms with E-state index in [2.05, 4.69) is 210 Å². The molecule has 0 spiro atoms. The molecule has 0 fully saturated rings. The van der Waals surface area contributed by atoms with E-state index in [1.807, 2.05) is 36.4 Å². The Morgan fingerprint density at radius 3 is 1.10 bits per heavy atom. The summed E-state index contributed by atoms with van der Waals surface area (Å²) >= 11 is 0. The van der Waals surface area contributed by atoms with E-state index in [4.69, 9.17) is 13.7 Å². The fraction of sp³-hybridized carbons (Fsp3) is 0.0556. The van der Waals surface area contributed by atoms with Crippen LogP contribution in [-0.4, -0.2) is 18.3 Å².